The van der Waals surface area contributed by atoms with Crippen molar-refractivity contribution in [2.24, 2.45) is 5.92 Å². The topological polar surface area (TPSA) is 65.2 Å². The summed E-state index contributed by atoms with van der Waals surface area (Å²) >= 11 is 0. The molecular formula is C23H25N3O2. The van der Waals surface area contributed by atoms with Crippen LogP contribution in [0.4, 0.5) is 5.69 Å². The molecule has 5 heteroatoms. The number of aryl methyl sites for hydroxylation is 2. The molecular weight excluding hydrogens is 350 g/mol. The first-order chi connectivity index (χ1) is 13.5. The van der Waals surface area contributed by atoms with Gasteiger partial charge in [-0.05, 0) is 49.1 Å². The third-order valence-electron chi connectivity index (χ3n) is 5.52. The number of anilines is 1. The van der Waals surface area contributed by atoms with Crippen LogP contribution >= 0.6 is 0 Å². The number of benzene rings is 2. The second-order valence-corrected chi connectivity index (χ2v) is 7.60. The fourth-order valence-corrected chi connectivity index (χ4v) is 3.93. The number of amides is 2. The van der Waals surface area contributed by atoms with Gasteiger partial charge in [0.05, 0.1) is 5.92 Å². The summed E-state index contributed by atoms with van der Waals surface area (Å²) in [5.41, 5.74) is 5.38. The van der Waals surface area contributed by atoms with Gasteiger partial charge in [0.2, 0.25) is 11.8 Å². The maximum absolute atomic E-state index is 12.6. The number of nitrogens with zero attached hydrogens (tertiary/aromatic N) is 1. The predicted molar refractivity (Wildman–Crippen MR) is 111 cm³/mol. The van der Waals surface area contributed by atoms with Crippen LogP contribution in [0.1, 0.15) is 23.1 Å². The van der Waals surface area contributed by atoms with E-state index in [1.165, 1.54) is 10.9 Å². The van der Waals surface area contributed by atoms with E-state index in [0.29, 0.717) is 13.1 Å². The van der Waals surface area contributed by atoms with Crippen LogP contribution in [0, 0.1) is 19.8 Å². The number of fused-ring (bicyclic) bond motifs is 1. The molecule has 1 atom stereocenters. The first kappa shape index (κ1) is 18.3. The van der Waals surface area contributed by atoms with E-state index in [2.05, 4.69) is 16.4 Å². The molecule has 1 aromatic heterocycles. The summed E-state index contributed by atoms with van der Waals surface area (Å²) in [6.07, 6.45) is 3.03. The fourth-order valence-electron chi connectivity index (χ4n) is 3.93. The zero-order chi connectivity index (χ0) is 19.7. The molecule has 144 valence electrons. The van der Waals surface area contributed by atoms with Crippen molar-refractivity contribution in [1.82, 2.24) is 10.3 Å². The molecule has 1 saturated heterocycles. The van der Waals surface area contributed by atoms with E-state index in [0.717, 1.165) is 28.8 Å². The highest BCUT2D eigenvalue weighted by Crippen LogP contribution is 2.29. The number of carbonyl (C=O) groups excluding carboxylic acids is 2. The molecule has 2 aromatic carbocycles. The Morgan fingerprint density at radius 2 is 2.04 bits per heavy atom. The highest BCUT2D eigenvalue weighted by atomic mass is 16.2. The highest BCUT2D eigenvalue weighted by molar-refractivity contribution is 6.00. The van der Waals surface area contributed by atoms with Crippen molar-refractivity contribution >= 4 is 28.4 Å². The van der Waals surface area contributed by atoms with Crippen molar-refractivity contribution in [2.75, 3.05) is 18.0 Å². The molecule has 0 bridgehead atoms. The SMILES string of the molecule is Cc1ccc(C)c(N2CC(C(=O)NCCc3c[nH]c4ccccc34)CC2=O)c1. The first-order valence-corrected chi connectivity index (χ1v) is 9.73. The zero-order valence-corrected chi connectivity index (χ0v) is 16.3. The summed E-state index contributed by atoms with van der Waals surface area (Å²) in [7, 11) is 0. The van der Waals surface area contributed by atoms with Crippen LogP contribution in [0.5, 0.6) is 0 Å². The van der Waals surface area contributed by atoms with Gasteiger partial charge >= 0.3 is 0 Å². The van der Waals surface area contributed by atoms with Gasteiger partial charge in [0.25, 0.3) is 0 Å². The Bertz CT molecular complexity index is 1040. The van der Waals surface area contributed by atoms with E-state index in [4.69, 9.17) is 0 Å². The lowest BCUT2D eigenvalue weighted by Gasteiger charge is -2.19. The van der Waals surface area contributed by atoms with Gasteiger partial charge in [-0.25, -0.2) is 0 Å². The number of rotatable bonds is 5. The summed E-state index contributed by atoms with van der Waals surface area (Å²) in [5, 5.41) is 4.20. The number of hydrogen-bond acceptors (Lipinski definition) is 2. The molecule has 1 aliphatic heterocycles. The summed E-state index contributed by atoms with van der Waals surface area (Å²) in [6.45, 7) is 5.02. The van der Waals surface area contributed by atoms with Crippen molar-refractivity contribution in [3.8, 4) is 0 Å². The Hall–Kier alpha value is -3.08. The predicted octanol–water partition coefficient (Wildman–Crippen LogP) is 3.50. The smallest absolute Gasteiger partial charge is 0.227 e. The van der Waals surface area contributed by atoms with Crippen LogP contribution in [0.25, 0.3) is 10.9 Å². The molecule has 5 nitrogen and oxygen atoms in total. The van der Waals surface area contributed by atoms with Gasteiger partial charge < -0.3 is 15.2 Å². The Kier molecular flexibility index (Phi) is 4.90. The number of aromatic nitrogens is 1. The number of H-pyrrole nitrogens is 1. The van der Waals surface area contributed by atoms with Crippen molar-refractivity contribution in [3.05, 3.63) is 65.4 Å². The van der Waals surface area contributed by atoms with Gasteiger partial charge in [0.15, 0.2) is 0 Å². The average Bonchev–Trinajstić information content (AvgIpc) is 3.27. The molecule has 2 heterocycles. The Morgan fingerprint density at radius 1 is 1.21 bits per heavy atom. The Labute approximate surface area is 164 Å². The van der Waals surface area contributed by atoms with E-state index in [1.54, 1.807) is 4.90 Å². The molecule has 28 heavy (non-hydrogen) atoms. The molecule has 3 aromatic rings. The van der Waals surface area contributed by atoms with Crippen LogP contribution in [0.15, 0.2) is 48.7 Å². The normalized spacial score (nSPS) is 16.7. The van der Waals surface area contributed by atoms with Crippen molar-refractivity contribution in [1.29, 1.82) is 0 Å². The second kappa shape index (κ2) is 7.50. The maximum atomic E-state index is 12.6. The number of hydrogen-bond donors (Lipinski definition) is 2. The van der Waals surface area contributed by atoms with Gasteiger partial charge in [-0.15, -0.1) is 0 Å². The van der Waals surface area contributed by atoms with E-state index < -0.39 is 0 Å². The first-order valence-electron chi connectivity index (χ1n) is 9.73. The lowest BCUT2D eigenvalue weighted by molar-refractivity contribution is -0.126. The van der Waals surface area contributed by atoms with Crippen LogP contribution in [-0.2, 0) is 16.0 Å². The number of aromatic amines is 1. The van der Waals surface area contributed by atoms with Crippen LogP contribution in [-0.4, -0.2) is 29.9 Å². The third-order valence-corrected chi connectivity index (χ3v) is 5.52. The van der Waals surface area contributed by atoms with E-state index in [1.807, 2.05) is 56.4 Å². The Balaban J connectivity index is 1.36. The lowest BCUT2D eigenvalue weighted by Crippen LogP contribution is -2.34. The monoisotopic (exact) mass is 375 g/mol. The van der Waals surface area contributed by atoms with E-state index in [-0.39, 0.29) is 24.2 Å². The molecule has 0 spiro atoms. The minimum absolute atomic E-state index is 0.0190. The van der Waals surface area contributed by atoms with Gasteiger partial charge in [0.1, 0.15) is 0 Å². The van der Waals surface area contributed by atoms with Crippen LogP contribution in [0.2, 0.25) is 0 Å². The van der Waals surface area contributed by atoms with Crippen LogP contribution in [0.3, 0.4) is 0 Å². The van der Waals surface area contributed by atoms with Gasteiger partial charge in [-0.1, -0.05) is 30.3 Å². The van der Waals surface area contributed by atoms with Crippen molar-refractivity contribution in [3.63, 3.8) is 0 Å². The maximum Gasteiger partial charge on any atom is 0.227 e. The summed E-state index contributed by atoms with van der Waals surface area (Å²) < 4.78 is 0. The quantitative estimate of drug-likeness (QED) is 0.717. The van der Waals surface area contributed by atoms with Crippen LogP contribution < -0.4 is 10.2 Å². The second-order valence-electron chi connectivity index (χ2n) is 7.60. The number of nitrogens with one attached hydrogen (secondary N) is 2. The molecule has 2 N–H and O–H groups in total. The summed E-state index contributed by atoms with van der Waals surface area (Å²) in [5.74, 6) is -0.318. The van der Waals surface area contributed by atoms with Crippen molar-refractivity contribution < 1.29 is 9.59 Å². The van der Waals surface area contributed by atoms with Gasteiger partial charge in [0, 0.05) is 42.3 Å². The lowest BCUT2D eigenvalue weighted by atomic mass is 10.1. The standard InChI is InChI=1S/C23H25N3O2/c1-15-7-8-16(2)21(11-15)26-14-18(12-22(26)27)23(28)24-10-9-17-13-25-20-6-4-3-5-19(17)20/h3-8,11,13,18,25H,9-10,12,14H2,1-2H3,(H,24,28). The van der Waals surface area contributed by atoms with Gasteiger partial charge in [-0.2, -0.15) is 0 Å². The molecule has 2 amide bonds. The summed E-state index contributed by atoms with van der Waals surface area (Å²) in [6, 6.07) is 14.2. The zero-order valence-electron chi connectivity index (χ0n) is 16.3. The van der Waals surface area contributed by atoms with Crippen molar-refractivity contribution in [2.45, 2.75) is 26.7 Å². The van der Waals surface area contributed by atoms with E-state index in [9.17, 15) is 9.59 Å². The average molecular weight is 375 g/mol. The summed E-state index contributed by atoms with van der Waals surface area (Å²) in [4.78, 5) is 30.1. The van der Waals surface area contributed by atoms with Gasteiger partial charge in [-0.3, -0.25) is 9.59 Å². The molecule has 0 aliphatic carbocycles. The molecule has 1 fully saturated rings. The minimum atomic E-state index is -0.296. The molecule has 1 unspecified atom stereocenters. The van der Waals surface area contributed by atoms with E-state index >= 15 is 0 Å². The number of carbonyl (C=O) groups is 2. The number of para-hydroxylation sites is 1. The molecule has 4 rings (SSSR count). The largest absolute Gasteiger partial charge is 0.361 e. The third kappa shape index (κ3) is 3.52. The fraction of sp³-hybridized carbons (Fsp3) is 0.304. The minimum Gasteiger partial charge on any atom is -0.361 e. The molecule has 1 aliphatic rings. The Morgan fingerprint density at radius 3 is 2.89 bits per heavy atom. The molecule has 0 saturated carbocycles. The highest BCUT2D eigenvalue weighted by Gasteiger charge is 2.35. The molecule has 0 radical (unpaired) electrons.